The van der Waals surface area contributed by atoms with E-state index in [2.05, 4.69) is 20.6 Å². The number of hydrogen-bond donors (Lipinski definition) is 2. The summed E-state index contributed by atoms with van der Waals surface area (Å²) in [6.45, 7) is 3.06. The van der Waals surface area contributed by atoms with Gasteiger partial charge in [-0.3, -0.25) is 4.79 Å². The molecule has 2 aliphatic rings. The third-order valence-electron chi connectivity index (χ3n) is 4.13. The van der Waals surface area contributed by atoms with Crippen LogP contribution in [0.5, 0.6) is 0 Å². The first-order valence-electron chi connectivity index (χ1n) is 7.06. The molecule has 1 atom stereocenters. The topological polar surface area (TPSA) is 92.2 Å². The van der Waals surface area contributed by atoms with Gasteiger partial charge in [-0.1, -0.05) is 0 Å². The highest BCUT2D eigenvalue weighted by molar-refractivity contribution is 14.1. The van der Waals surface area contributed by atoms with Gasteiger partial charge < -0.3 is 15.5 Å². The number of aromatic nitrogens is 3. The van der Waals surface area contributed by atoms with Gasteiger partial charge >= 0.3 is 5.69 Å². The average Bonchev–Trinajstić information content (AvgIpc) is 2.66. The van der Waals surface area contributed by atoms with Crippen molar-refractivity contribution in [3.05, 3.63) is 22.0 Å². The summed E-state index contributed by atoms with van der Waals surface area (Å²) in [5, 5.41) is 6.14. The number of fused-ring (bicyclic) bond motifs is 2. The van der Waals surface area contributed by atoms with Crippen molar-refractivity contribution in [2.75, 3.05) is 29.9 Å². The Morgan fingerprint density at radius 2 is 2.13 bits per heavy atom. The number of nitrogens with one attached hydrogen (secondary N) is 2. The summed E-state index contributed by atoms with van der Waals surface area (Å²) in [5.74, 6) is -0.616. The molecule has 10 heteroatoms. The monoisotopic (exact) mass is 430 g/mol. The van der Waals surface area contributed by atoms with Crippen LogP contribution in [0.4, 0.5) is 15.9 Å². The molecule has 1 amide bonds. The molecular formula is C13H12FIN6O2. The lowest BCUT2D eigenvalue weighted by Crippen LogP contribution is -2.56. The minimum absolute atomic E-state index is 0.0415. The number of carbonyl (C=O) groups excluding carboxylic acids is 1. The van der Waals surface area contributed by atoms with Crippen molar-refractivity contribution in [3.8, 4) is 0 Å². The van der Waals surface area contributed by atoms with Crippen molar-refractivity contribution < 1.29 is 9.18 Å². The van der Waals surface area contributed by atoms with E-state index in [0.29, 0.717) is 36.5 Å². The largest absolute Gasteiger partial charge is 0.360 e. The second kappa shape index (κ2) is 5.09. The lowest BCUT2D eigenvalue weighted by atomic mass is 10.2. The Kier molecular flexibility index (Phi) is 3.27. The lowest BCUT2D eigenvalue weighted by molar-refractivity contribution is -0.117. The van der Waals surface area contributed by atoms with Crippen LogP contribution in [0, 0.1) is 12.7 Å². The molecule has 23 heavy (non-hydrogen) atoms. The van der Waals surface area contributed by atoms with E-state index in [1.165, 1.54) is 9.70 Å². The van der Waals surface area contributed by atoms with Crippen molar-refractivity contribution in [3.63, 3.8) is 0 Å². The number of nitrogens with zero attached hydrogens (tertiary/aromatic N) is 4. The number of pyridine rings is 1. The first-order chi connectivity index (χ1) is 11.0. The van der Waals surface area contributed by atoms with Crippen LogP contribution in [0.25, 0.3) is 11.0 Å². The molecule has 120 valence electrons. The number of amides is 1. The van der Waals surface area contributed by atoms with Gasteiger partial charge in [-0.25, -0.2) is 16.9 Å². The molecule has 1 saturated heterocycles. The van der Waals surface area contributed by atoms with E-state index in [4.69, 9.17) is 0 Å². The normalized spacial score (nSPS) is 20.2. The van der Waals surface area contributed by atoms with Crippen LogP contribution in [0.2, 0.25) is 0 Å². The molecule has 0 spiro atoms. The molecule has 1 unspecified atom stereocenters. The summed E-state index contributed by atoms with van der Waals surface area (Å²) in [5.41, 5.74) is -0.0363. The maximum Gasteiger partial charge on any atom is 0.360 e. The Morgan fingerprint density at radius 3 is 2.91 bits per heavy atom. The van der Waals surface area contributed by atoms with Gasteiger partial charge in [0, 0.05) is 19.6 Å². The number of anilines is 2. The Morgan fingerprint density at radius 1 is 1.35 bits per heavy atom. The molecule has 8 nitrogen and oxygen atoms in total. The fraction of sp³-hybridized carbons (Fsp3) is 0.385. The van der Waals surface area contributed by atoms with Gasteiger partial charge in [0.05, 0.1) is 39.6 Å². The third-order valence-corrected chi connectivity index (χ3v) is 5.00. The Hall–Kier alpha value is -1.82. The number of hydrogen-bond acceptors (Lipinski definition) is 6. The summed E-state index contributed by atoms with van der Waals surface area (Å²) < 4.78 is 15.8. The fourth-order valence-electron chi connectivity index (χ4n) is 3.02. The molecule has 0 radical (unpaired) electrons. The number of aryl methyl sites for hydroxylation is 1. The zero-order valence-corrected chi connectivity index (χ0v) is 14.2. The van der Waals surface area contributed by atoms with E-state index in [9.17, 15) is 14.0 Å². The van der Waals surface area contributed by atoms with Gasteiger partial charge in [-0.15, -0.1) is 0 Å². The molecule has 2 aromatic rings. The number of rotatable bonds is 0. The maximum atomic E-state index is 14.6. The van der Waals surface area contributed by atoms with Crippen LogP contribution >= 0.6 is 22.9 Å². The van der Waals surface area contributed by atoms with Crippen molar-refractivity contribution in [1.82, 2.24) is 18.1 Å². The predicted molar refractivity (Wildman–Crippen MR) is 90.5 cm³/mol. The molecular weight excluding hydrogens is 418 g/mol. The third kappa shape index (κ3) is 2.04. The van der Waals surface area contributed by atoms with Crippen LogP contribution in [0.1, 0.15) is 5.69 Å². The zero-order valence-electron chi connectivity index (χ0n) is 12.1. The molecule has 0 aromatic carbocycles. The summed E-state index contributed by atoms with van der Waals surface area (Å²) in [6.07, 6.45) is 0. The second-order valence-electron chi connectivity index (χ2n) is 5.49. The number of halogens is 2. The van der Waals surface area contributed by atoms with Crippen molar-refractivity contribution >= 4 is 51.3 Å². The van der Waals surface area contributed by atoms with E-state index < -0.39 is 17.5 Å². The van der Waals surface area contributed by atoms with Gasteiger partial charge in [-0.2, -0.15) is 4.98 Å². The SMILES string of the molecule is Cc1nc2c3c(nc(=O)n2I)N2CCNCC2C(=O)Nc3c1F. The van der Waals surface area contributed by atoms with Gasteiger partial charge in [0.15, 0.2) is 11.5 Å². The Bertz CT molecular complexity index is 914. The van der Waals surface area contributed by atoms with Crippen LogP contribution < -0.4 is 21.2 Å². The summed E-state index contributed by atoms with van der Waals surface area (Å²) >= 11 is 1.78. The smallest absolute Gasteiger partial charge is 0.341 e. The van der Waals surface area contributed by atoms with Crippen LogP contribution in [0.15, 0.2) is 4.79 Å². The van der Waals surface area contributed by atoms with E-state index in [1.807, 2.05) is 0 Å². The molecule has 0 aliphatic carbocycles. The molecule has 2 aromatic heterocycles. The highest BCUT2D eigenvalue weighted by atomic mass is 127. The number of carbonyl (C=O) groups is 1. The van der Waals surface area contributed by atoms with Gasteiger partial charge in [0.25, 0.3) is 0 Å². The standard InChI is InChI=1S/C13H12FIN6O2/c1-5-8(14)9-7-10(19-13(23)21(15)11(7)17-5)20-3-2-16-4-6(20)12(22)18-9/h6,16H,2-4H2,1H3,(H,18,22). The van der Waals surface area contributed by atoms with E-state index in [0.717, 1.165) is 0 Å². The molecule has 1 fully saturated rings. The fourth-order valence-corrected chi connectivity index (χ4v) is 3.48. The van der Waals surface area contributed by atoms with E-state index >= 15 is 0 Å². The van der Waals surface area contributed by atoms with Gasteiger partial charge in [0.1, 0.15) is 11.9 Å². The van der Waals surface area contributed by atoms with Crippen molar-refractivity contribution in [1.29, 1.82) is 0 Å². The maximum absolute atomic E-state index is 14.6. The van der Waals surface area contributed by atoms with Gasteiger partial charge in [0.2, 0.25) is 5.91 Å². The van der Waals surface area contributed by atoms with E-state index in [-0.39, 0.29) is 17.3 Å². The Balaban J connectivity index is 2.15. The first kappa shape index (κ1) is 14.8. The summed E-state index contributed by atoms with van der Waals surface area (Å²) in [6, 6.07) is -0.545. The summed E-state index contributed by atoms with van der Waals surface area (Å²) in [7, 11) is 0. The van der Waals surface area contributed by atoms with Crippen LogP contribution in [-0.4, -0.2) is 44.3 Å². The first-order valence-corrected chi connectivity index (χ1v) is 8.02. The highest BCUT2D eigenvalue weighted by Gasteiger charge is 2.36. The summed E-state index contributed by atoms with van der Waals surface area (Å²) in [4.78, 5) is 34.7. The minimum Gasteiger partial charge on any atom is -0.341 e. The number of piperazine rings is 1. The zero-order chi connectivity index (χ0) is 16.3. The second-order valence-corrected chi connectivity index (χ2v) is 6.45. The molecule has 0 saturated carbocycles. The van der Waals surface area contributed by atoms with Crippen LogP contribution in [-0.2, 0) is 4.79 Å². The highest BCUT2D eigenvalue weighted by Crippen LogP contribution is 2.36. The Labute approximate surface area is 143 Å². The average molecular weight is 430 g/mol. The lowest BCUT2D eigenvalue weighted by Gasteiger charge is -2.34. The molecule has 0 bridgehead atoms. The predicted octanol–water partition coefficient (Wildman–Crippen LogP) is 0.167. The molecule has 2 N–H and O–H groups in total. The van der Waals surface area contributed by atoms with E-state index in [1.54, 1.807) is 27.8 Å². The van der Waals surface area contributed by atoms with Gasteiger partial charge in [-0.05, 0) is 6.92 Å². The quantitative estimate of drug-likeness (QED) is 0.580. The van der Waals surface area contributed by atoms with Crippen molar-refractivity contribution in [2.45, 2.75) is 13.0 Å². The van der Waals surface area contributed by atoms with Crippen LogP contribution in [0.3, 0.4) is 0 Å². The molecule has 4 heterocycles. The molecule has 4 rings (SSSR count). The minimum atomic E-state index is -0.600. The van der Waals surface area contributed by atoms with Crippen molar-refractivity contribution in [2.24, 2.45) is 0 Å². The molecule has 2 aliphatic heterocycles.